The van der Waals surface area contributed by atoms with Gasteiger partial charge in [-0.1, -0.05) is 36.9 Å². The summed E-state index contributed by atoms with van der Waals surface area (Å²) in [6.07, 6.45) is 1.74. The Labute approximate surface area is 171 Å². The lowest BCUT2D eigenvalue weighted by Gasteiger charge is -2.17. The zero-order valence-electron chi connectivity index (χ0n) is 16.5. The average molecular weight is 409 g/mol. The summed E-state index contributed by atoms with van der Waals surface area (Å²) in [5, 5.41) is 8.76. The zero-order valence-corrected chi connectivity index (χ0v) is 17.3. The van der Waals surface area contributed by atoms with Crippen molar-refractivity contribution in [1.29, 1.82) is 0 Å². The van der Waals surface area contributed by atoms with Crippen LogP contribution in [0.4, 0.5) is 11.4 Å². The lowest BCUT2D eigenvalue weighted by molar-refractivity contribution is 0.0994. The summed E-state index contributed by atoms with van der Waals surface area (Å²) in [4.78, 5) is 15.0. The first kappa shape index (κ1) is 20.6. The number of nitrogens with one attached hydrogen (secondary N) is 1. The van der Waals surface area contributed by atoms with Crippen LogP contribution in [0, 0.1) is 0 Å². The summed E-state index contributed by atoms with van der Waals surface area (Å²) in [5.74, 6) is 3.92. The fraction of sp³-hybridized carbons (Fsp3) is 0.130. The number of amides is 1. The molecule has 3 aromatic carbocycles. The van der Waals surface area contributed by atoms with Crippen molar-refractivity contribution in [2.24, 2.45) is 0 Å². The molecule has 1 aliphatic rings. The molecule has 150 valence electrons. The van der Waals surface area contributed by atoms with Gasteiger partial charge in [0.05, 0.1) is 21.1 Å². The molecule has 0 saturated heterocycles. The summed E-state index contributed by atoms with van der Waals surface area (Å²) < 4.78 is 16.4. The molecule has 1 amide bonds. The first-order chi connectivity index (χ1) is 14.0. The van der Waals surface area contributed by atoms with Crippen LogP contribution in [-0.2, 0) is 9.71 Å². The second-order valence-electron chi connectivity index (χ2n) is 6.46. The third-order valence-corrected chi connectivity index (χ3v) is 6.46. The first-order valence-corrected chi connectivity index (χ1v) is 10.9. The molecule has 29 heavy (non-hydrogen) atoms. The molecule has 0 fully saturated rings. The van der Waals surface area contributed by atoms with Gasteiger partial charge < -0.3 is 14.7 Å². The van der Waals surface area contributed by atoms with Crippen LogP contribution in [0.5, 0.6) is 0 Å². The Hall–Kier alpha value is -3.09. The quantitative estimate of drug-likeness (QED) is 0.623. The fourth-order valence-electron chi connectivity index (χ4n) is 3.51. The van der Waals surface area contributed by atoms with Crippen LogP contribution in [0.3, 0.4) is 0 Å². The number of hydrogen-bond donors (Lipinski definition) is 2. The highest BCUT2D eigenvalue weighted by Crippen LogP contribution is 2.40. The van der Waals surface area contributed by atoms with Gasteiger partial charge in [0.15, 0.2) is 0 Å². The Morgan fingerprint density at radius 2 is 1.79 bits per heavy atom. The standard InChI is InChI=1S/C22H20N2O2S.CH4O/c1-4-15-9-11-16(12-10-15)27(3,26)23-19-13-14-20-21-17(19)7-6-8-18(21)22(25)24(20)5-2;1-2/h4,6-14H,1,3,5H2,2H3,(H,23,26);2H,1H3. The molecule has 2 N–H and O–H groups in total. The Kier molecular flexibility index (Phi) is 5.77. The van der Waals surface area contributed by atoms with Crippen LogP contribution in [0.2, 0.25) is 0 Å². The second kappa shape index (κ2) is 8.11. The number of benzene rings is 3. The maximum absolute atomic E-state index is 13.2. The minimum absolute atomic E-state index is 0.00520. The van der Waals surface area contributed by atoms with E-state index >= 15 is 0 Å². The fourth-order valence-corrected chi connectivity index (χ4v) is 4.74. The van der Waals surface area contributed by atoms with Crippen molar-refractivity contribution in [3.63, 3.8) is 0 Å². The Morgan fingerprint density at radius 1 is 1.10 bits per heavy atom. The SMILES string of the molecule is C=Cc1ccc(S(=C)(=O)Nc2ccc3c4c(cccc24)C(=O)N3CC)cc1.CO. The smallest absolute Gasteiger partial charge is 0.258 e. The van der Waals surface area contributed by atoms with Crippen molar-refractivity contribution >= 4 is 49.7 Å². The molecular weight excluding hydrogens is 384 g/mol. The van der Waals surface area contributed by atoms with Crippen LogP contribution in [0.15, 0.2) is 66.1 Å². The van der Waals surface area contributed by atoms with Gasteiger partial charge in [-0.15, -0.1) is 0 Å². The van der Waals surface area contributed by atoms with E-state index < -0.39 is 9.71 Å². The van der Waals surface area contributed by atoms with E-state index in [2.05, 4.69) is 17.2 Å². The van der Waals surface area contributed by atoms with Crippen molar-refractivity contribution < 1.29 is 14.1 Å². The predicted octanol–water partition coefficient (Wildman–Crippen LogP) is 4.17. The number of carbonyl (C=O) groups excluding carboxylic acids is 1. The van der Waals surface area contributed by atoms with E-state index in [1.54, 1.807) is 23.1 Å². The van der Waals surface area contributed by atoms with Crippen LogP contribution in [0.1, 0.15) is 22.8 Å². The zero-order chi connectivity index (χ0) is 21.2. The second-order valence-corrected chi connectivity index (χ2v) is 8.49. The molecule has 3 aromatic rings. The highest BCUT2D eigenvalue weighted by Gasteiger charge is 2.29. The summed E-state index contributed by atoms with van der Waals surface area (Å²) in [6, 6.07) is 16.7. The van der Waals surface area contributed by atoms with Gasteiger partial charge in [0.1, 0.15) is 0 Å². The minimum atomic E-state index is -2.75. The monoisotopic (exact) mass is 408 g/mol. The molecule has 0 bridgehead atoms. The third-order valence-electron chi connectivity index (χ3n) is 4.87. The molecule has 1 heterocycles. The summed E-state index contributed by atoms with van der Waals surface area (Å²) in [5.41, 5.74) is 3.23. The van der Waals surface area contributed by atoms with Crippen LogP contribution < -0.4 is 9.62 Å². The van der Waals surface area contributed by atoms with E-state index in [-0.39, 0.29) is 5.91 Å². The first-order valence-electron chi connectivity index (χ1n) is 9.16. The number of rotatable bonds is 5. The largest absolute Gasteiger partial charge is 0.400 e. The average Bonchev–Trinajstić information content (AvgIpc) is 3.04. The number of carbonyl (C=O) groups is 1. The topological polar surface area (TPSA) is 69.6 Å². The van der Waals surface area contributed by atoms with Gasteiger partial charge in [-0.25, -0.2) is 4.21 Å². The molecule has 1 atom stereocenters. The minimum Gasteiger partial charge on any atom is -0.400 e. The molecule has 0 spiro atoms. The Morgan fingerprint density at radius 3 is 2.41 bits per heavy atom. The van der Waals surface area contributed by atoms with E-state index in [1.165, 1.54) is 0 Å². The van der Waals surface area contributed by atoms with Gasteiger partial charge in [-0.2, -0.15) is 0 Å². The molecule has 0 saturated carbocycles. The molecule has 1 unspecified atom stereocenters. The third kappa shape index (κ3) is 3.52. The maximum Gasteiger partial charge on any atom is 0.258 e. The molecule has 4 rings (SSSR count). The molecule has 6 heteroatoms. The molecule has 0 radical (unpaired) electrons. The van der Waals surface area contributed by atoms with E-state index in [9.17, 15) is 9.00 Å². The van der Waals surface area contributed by atoms with E-state index in [0.29, 0.717) is 22.7 Å². The summed E-state index contributed by atoms with van der Waals surface area (Å²) in [6.45, 7) is 6.30. The number of hydrogen-bond acceptors (Lipinski definition) is 3. The molecule has 0 aliphatic carbocycles. The molecule has 5 nitrogen and oxygen atoms in total. The Balaban J connectivity index is 0.00000117. The highest BCUT2D eigenvalue weighted by atomic mass is 32.2. The molecule has 0 aromatic heterocycles. The van der Waals surface area contributed by atoms with Crippen molar-refractivity contribution in [3.05, 3.63) is 72.3 Å². The highest BCUT2D eigenvalue weighted by molar-refractivity contribution is 8.01. The van der Waals surface area contributed by atoms with Crippen LogP contribution >= 0.6 is 0 Å². The summed E-state index contributed by atoms with van der Waals surface area (Å²) in [7, 11) is -1.75. The molecule has 1 aliphatic heterocycles. The van der Waals surface area contributed by atoms with E-state index in [0.717, 1.165) is 29.1 Å². The predicted molar refractivity (Wildman–Crippen MR) is 123 cm³/mol. The normalized spacial score (nSPS) is 14.2. The number of aliphatic hydroxyl groups is 1. The van der Waals surface area contributed by atoms with Crippen molar-refractivity contribution in [2.45, 2.75) is 11.8 Å². The van der Waals surface area contributed by atoms with Crippen LogP contribution in [0.25, 0.3) is 16.8 Å². The lowest BCUT2D eigenvalue weighted by Crippen LogP contribution is -2.25. The summed E-state index contributed by atoms with van der Waals surface area (Å²) >= 11 is 0. The number of anilines is 2. The van der Waals surface area contributed by atoms with Gasteiger partial charge in [-0.3, -0.25) is 4.79 Å². The van der Waals surface area contributed by atoms with Gasteiger partial charge >= 0.3 is 0 Å². The van der Waals surface area contributed by atoms with Crippen molar-refractivity contribution in [3.8, 4) is 0 Å². The lowest BCUT2D eigenvalue weighted by atomic mass is 10.0. The van der Waals surface area contributed by atoms with Crippen molar-refractivity contribution in [2.75, 3.05) is 23.3 Å². The van der Waals surface area contributed by atoms with Gasteiger partial charge in [-0.05, 0) is 48.7 Å². The maximum atomic E-state index is 13.2. The van der Waals surface area contributed by atoms with Crippen molar-refractivity contribution in [1.82, 2.24) is 0 Å². The van der Waals surface area contributed by atoms with E-state index in [1.807, 2.05) is 49.4 Å². The van der Waals surface area contributed by atoms with Gasteiger partial charge in [0.2, 0.25) is 0 Å². The Bertz CT molecular complexity index is 1180. The molecular formula is C23H24N2O3S. The number of aliphatic hydroxyl groups excluding tert-OH is 1. The van der Waals surface area contributed by atoms with Crippen LogP contribution in [-0.4, -0.2) is 34.7 Å². The van der Waals surface area contributed by atoms with Gasteiger partial charge in [0, 0.05) is 34.9 Å². The number of nitrogens with zero attached hydrogens (tertiary/aromatic N) is 1. The van der Waals surface area contributed by atoms with E-state index in [4.69, 9.17) is 5.11 Å². The van der Waals surface area contributed by atoms with Gasteiger partial charge in [0.25, 0.3) is 5.91 Å².